The lowest BCUT2D eigenvalue weighted by atomic mass is 10.3. The summed E-state index contributed by atoms with van der Waals surface area (Å²) < 4.78 is 24.0. The van der Waals surface area contributed by atoms with Gasteiger partial charge in [-0.1, -0.05) is 12.2 Å². The van der Waals surface area contributed by atoms with Crippen LogP contribution >= 0.6 is 12.2 Å². The summed E-state index contributed by atoms with van der Waals surface area (Å²) in [5.74, 6) is 0. The van der Waals surface area contributed by atoms with Crippen LogP contribution in [0.5, 0.6) is 0 Å². The maximum atomic E-state index is 10.8. The Morgan fingerprint density at radius 3 is 2.82 bits per heavy atom. The predicted molar refractivity (Wildman–Crippen MR) is 71.5 cm³/mol. The fourth-order valence-electron chi connectivity index (χ4n) is 1.18. The zero-order valence-electron chi connectivity index (χ0n) is 9.30. The fraction of sp³-hybridized carbons (Fsp3) is 0.333. The molecule has 8 heteroatoms. The molecule has 1 rings (SSSR count). The van der Waals surface area contributed by atoms with Gasteiger partial charge in [0.2, 0.25) is 10.0 Å². The molecule has 0 unspecified atom stereocenters. The number of pyridine rings is 1. The highest BCUT2D eigenvalue weighted by molar-refractivity contribution is 7.88. The molecule has 0 spiro atoms. The van der Waals surface area contributed by atoms with Gasteiger partial charge in [0.25, 0.3) is 0 Å². The van der Waals surface area contributed by atoms with E-state index in [-0.39, 0.29) is 11.5 Å². The van der Waals surface area contributed by atoms with Crippen molar-refractivity contribution in [3.63, 3.8) is 0 Å². The largest absolute Gasteiger partial charge is 0.388 e. The number of nitrogens with one attached hydrogen (secondary N) is 2. The fourth-order valence-corrected chi connectivity index (χ4v) is 1.81. The molecule has 0 fully saturated rings. The highest BCUT2D eigenvalue weighted by atomic mass is 32.2. The van der Waals surface area contributed by atoms with Crippen molar-refractivity contribution in [2.75, 3.05) is 24.7 Å². The lowest BCUT2D eigenvalue weighted by Gasteiger charge is -2.09. The van der Waals surface area contributed by atoms with Crippen molar-refractivity contribution in [2.45, 2.75) is 0 Å². The van der Waals surface area contributed by atoms with E-state index in [2.05, 4.69) is 15.0 Å². The van der Waals surface area contributed by atoms with Gasteiger partial charge in [0, 0.05) is 19.3 Å². The molecule has 0 bridgehead atoms. The minimum Gasteiger partial charge on any atom is -0.388 e. The maximum absolute atomic E-state index is 10.8. The molecule has 6 nitrogen and oxygen atoms in total. The monoisotopic (exact) mass is 274 g/mol. The second-order valence-corrected chi connectivity index (χ2v) is 5.63. The van der Waals surface area contributed by atoms with Crippen molar-refractivity contribution in [1.82, 2.24) is 9.71 Å². The molecule has 0 amide bonds. The molecular weight excluding hydrogens is 260 g/mol. The van der Waals surface area contributed by atoms with E-state index in [1.807, 2.05) is 0 Å². The third-order valence-corrected chi connectivity index (χ3v) is 2.77. The average Bonchev–Trinajstić information content (AvgIpc) is 2.23. The molecule has 1 aromatic heterocycles. The van der Waals surface area contributed by atoms with E-state index in [0.717, 1.165) is 6.26 Å². The predicted octanol–water partition coefficient (Wildman–Crippen LogP) is -0.323. The van der Waals surface area contributed by atoms with Crippen molar-refractivity contribution in [3.8, 4) is 0 Å². The summed E-state index contributed by atoms with van der Waals surface area (Å²) in [5, 5.41) is 3.01. The lowest BCUT2D eigenvalue weighted by molar-refractivity contribution is 0.589. The third-order valence-electron chi connectivity index (χ3n) is 1.85. The highest BCUT2D eigenvalue weighted by Crippen LogP contribution is 2.10. The molecule has 0 radical (unpaired) electrons. The van der Waals surface area contributed by atoms with Gasteiger partial charge in [-0.05, 0) is 12.1 Å². The third kappa shape index (κ3) is 5.07. The van der Waals surface area contributed by atoms with Crippen LogP contribution in [0.3, 0.4) is 0 Å². The average molecular weight is 274 g/mol. The molecule has 0 aliphatic rings. The number of thiocarbonyl (C=S) groups is 1. The molecule has 0 saturated carbocycles. The molecule has 1 aromatic rings. The van der Waals surface area contributed by atoms with E-state index in [4.69, 9.17) is 18.0 Å². The van der Waals surface area contributed by atoms with Gasteiger partial charge in [0.1, 0.15) is 10.7 Å². The lowest BCUT2D eigenvalue weighted by Crippen LogP contribution is -2.28. The Morgan fingerprint density at radius 1 is 1.53 bits per heavy atom. The quantitative estimate of drug-likeness (QED) is 0.486. The van der Waals surface area contributed by atoms with Crippen molar-refractivity contribution >= 4 is 32.9 Å². The minimum atomic E-state index is -3.16. The molecule has 0 aromatic carbocycles. The van der Waals surface area contributed by atoms with E-state index in [0.29, 0.717) is 17.9 Å². The second kappa shape index (κ2) is 5.89. The molecular formula is C9H14N4O2S2. The Morgan fingerprint density at radius 2 is 2.24 bits per heavy atom. The van der Waals surface area contributed by atoms with Crippen LogP contribution in [0.15, 0.2) is 18.3 Å². The zero-order chi connectivity index (χ0) is 12.9. The van der Waals surface area contributed by atoms with Gasteiger partial charge in [-0.2, -0.15) is 0 Å². The molecule has 17 heavy (non-hydrogen) atoms. The number of nitrogens with zero attached hydrogens (tertiary/aromatic N) is 1. The van der Waals surface area contributed by atoms with Crippen LogP contribution in [0.4, 0.5) is 5.69 Å². The summed E-state index contributed by atoms with van der Waals surface area (Å²) in [6.07, 6.45) is 2.70. The Labute approximate surface area is 106 Å². The van der Waals surface area contributed by atoms with E-state index in [9.17, 15) is 8.42 Å². The summed E-state index contributed by atoms with van der Waals surface area (Å²) in [4.78, 5) is 4.24. The molecule has 0 saturated heterocycles. The van der Waals surface area contributed by atoms with Crippen LogP contribution in [-0.2, 0) is 10.0 Å². The van der Waals surface area contributed by atoms with Crippen LogP contribution in [-0.4, -0.2) is 37.7 Å². The number of hydrogen-bond acceptors (Lipinski definition) is 5. The number of anilines is 1. The SMILES string of the molecule is CS(=O)(=O)NCCNc1cccnc1C(N)=S. The molecule has 0 atom stereocenters. The van der Waals surface area contributed by atoms with Crippen LogP contribution < -0.4 is 15.8 Å². The number of hydrogen-bond donors (Lipinski definition) is 3. The van der Waals surface area contributed by atoms with Crippen LogP contribution in [0.2, 0.25) is 0 Å². The first-order chi connectivity index (χ1) is 7.90. The topological polar surface area (TPSA) is 97.1 Å². The Kier molecular flexibility index (Phi) is 4.79. The van der Waals surface area contributed by atoms with Gasteiger partial charge < -0.3 is 11.1 Å². The van der Waals surface area contributed by atoms with Gasteiger partial charge in [-0.25, -0.2) is 13.1 Å². The van der Waals surface area contributed by atoms with E-state index >= 15 is 0 Å². The van der Waals surface area contributed by atoms with Crippen molar-refractivity contribution in [3.05, 3.63) is 24.0 Å². The Hall–Kier alpha value is -1.25. The van der Waals surface area contributed by atoms with Crippen LogP contribution in [0.25, 0.3) is 0 Å². The first kappa shape index (κ1) is 13.8. The summed E-state index contributed by atoms with van der Waals surface area (Å²) in [5.41, 5.74) is 6.70. The summed E-state index contributed by atoms with van der Waals surface area (Å²) in [7, 11) is -3.16. The summed E-state index contributed by atoms with van der Waals surface area (Å²) in [6, 6.07) is 3.52. The minimum absolute atomic E-state index is 0.198. The normalized spacial score (nSPS) is 11.1. The van der Waals surface area contributed by atoms with Gasteiger partial charge in [-0.3, -0.25) is 4.98 Å². The molecule has 94 valence electrons. The van der Waals surface area contributed by atoms with Gasteiger partial charge >= 0.3 is 0 Å². The van der Waals surface area contributed by atoms with Gasteiger partial charge in [-0.15, -0.1) is 0 Å². The number of aromatic nitrogens is 1. The number of nitrogens with two attached hydrogens (primary N) is 1. The maximum Gasteiger partial charge on any atom is 0.208 e. The van der Waals surface area contributed by atoms with E-state index in [1.165, 1.54) is 0 Å². The van der Waals surface area contributed by atoms with Crippen LogP contribution in [0.1, 0.15) is 5.69 Å². The van der Waals surface area contributed by atoms with Crippen LogP contribution in [0, 0.1) is 0 Å². The van der Waals surface area contributed by atoms with Crippen molar-refractivity contribution < 1.29 is 8.42 Å². The Bertz CT molecular complexity index is 501. The Balaban J connectivity index is 2.55. The molecule has 4 N–H and O–H groups in total. The van der Waals surface area contributed by atoms with Gasteiger partial charge in [0.15, 0.2) is 0 Å². The second-order valence-electron chi connectivity index (χ2n) is 3.36. The molecule has 1 heterocycles. The number of sulfonamides is 1. The standard InChI is InChI=1S/C9H14N4O2S2/c1-17(14,15)13-6-5-11-7-3-2-4-12-8(7)9(10)16/h2-4,11,13H,5-6H2,1H3,(H2,10,16). The van der Waals surface area contributed by atoms with Gasteiger partial charge in [0.05, 0.1) is 11.9 Å². The van der Waals surface area contributed by atoms with Crippen molar-refractivity contribution in [2.24, 2.45) is 5.73 Å². The first-order valence-corrected chi connectivity index (χ1v) is 7.13. The summed E-state index contributed by atoms with van der Waals surface area (Å²) in [6.45, 7) is 0.707. The van der Waals surface area contributed by atoms with E-state index < -0.39 is 10.0 Å². The smallest absolute Gasteiger partial charge is 0.208 e. The molecule has 0 aliphatic carbocycles. The first-order valence-electron chi connectivity index (χ1n) is 4.83. The number of rotatable bonds is 6. The molecule has 0 aliphatic heterocycles. The highest BCUT2D eigenvalue weighted by Gasteiger charge is 2.05. The van der Waals surface area contributed by atoms with E-state index in [1.54, 1.807) is 18.3 Å². The zero-order valence-corrected chi connectivity index (χ0v) is 10.9. The summed E-state index contributed by atoms with van der Waals surface area (Å²) >= 11 is 4.85. The van der Waals surface area contributed by atoms with Crippen molar-refractivity contribution in [1.29, 1.82) is 0 Å².